The summed E-state index contributed by atoms with van der Waals surface area (Å²) in [6.07, 6.45) is 7.11. The van der Waals surface area contributed by atoms with Crippen LogP contribution in [-0.4, -0.2) is 68.9 Å². The van der Waals surface area contributed by atoms with Crippen LogP contribution in [0.25, 0.3) is 22.5 Å². The molecule has 0 spiro atoms. The van der Waals surface area contributed by atoms with Crippen molar-refractivity contribution in [2.45, 2.75) is 20.4 Å². The standard InChI is InChI=1S/C35H36N8O/c1-24-10-12-37-33(18-24)29-19-28(21-36-22-29)31-11-13-38-35(40-31)41-32-20-30(9-4-25(32)2)39-34(44)27-7-5-26(6-8-27)23-43-16-14-42(3)15-17-43/h4-13,18-22H,14-17,23H2,1-3H3,(H,39,44)(H,38,40,41). The van der Waals surface area contributed by atoms with Crippen LogP contribution in [-0.2, 0) is 6.54 Å². The molecule has 1 aliphatic rings. The Balaban J connectivity index is 1.13. The second kappa shape index (κ2) is 13.1. The number of carbonyl (C=O) groups is 1. The predicted molar refractivity (Wildman–Crippen MR) is 175 cm³/mol. The molecule has 2 aromatic carbocycles. The fourth-order valence-electron chi connectivity index (χ4n) is 5.18. The Bertz CT molecular complexity index is 1760. The number of benzene rings is 2. The number of anilines is 3. The molecule has 1 fully saturated rings. The molecule has 1 saturated heterocycles. The molecule has 0 aliphatic carbocycles. The van der Waals surface area contributed by atoms with E-state index in [0.717, 1.165) is 72.1 Å². The topological polar surface area (TPSA) is 99.2 Å². The quantitative estimate of drug-likeness (QED) is 0.231. The number of amides is 1. The molecule has 0 bridgehead atoms. The Morgan fingerprint density at radius 3 is 2.34 bits per heavy atom. The van der Waals surface area contributed by atoms with Gasteiger partial charge in [-0.1, -0.05) is 18.2 Å². The van der Waals surface area contributed by atoms with Crippen LogP contribution in [0.3, 0.4) is 0 Å². The van der Waals surface area contributed by atoms with E-state index in [9.17, 15) is 4.79 Å². The van der Waals surface area contributed by atoms with Gasteiger partial charge in [0.25, 0.3) is 5.91 Å². The summed E-state index contributed by atoms with van der Waals surface area (Å²) < 4.78 is 0. The highest BCUT2D eigenvalue weighted by atomic mass is 16.1. The van der Waals surface area contributed by atoms with E-state index in [4.69, 9.17) is 4.98 Å². The van der Waals surface area contributed by atoms with Crippen LogP contribution in [0.4, 0.5) is 17.3 Å². The highest BCUT2D eigenvalue weighted by Crippen LogP contribution is 2.27. The Hall–Kier alpha value is -4.99. The summed E-state index contributed by atoms with van der Waals surface area (Å²) in [5, 5.41) is 6.35. The second-order valence-corrected chi connectivity index (χ2v) is 11.3. The Morgan fingerprint density at radius 1 is 0.818 bits per heavy atom. The zero-order chi connectivity index (χ0) is 30.5. The van der Waals surface area contributed by atoms with Crippen LogP contribution in [0.2, 0.25) is 0 Å². The third kappa shape index (κ3) is 7.14. The number of nitrogens with one attached hydrogen (secondary N) is 2. The minimum atomic E-state index is -0.153. The lowest BCUT2D eigenvalue weighted by Gasteiger charge is -2.32. The molecule has 1 amide bonds. The third-order valence-electron chi connectivity index (χ3n) is 7.86. The van der Waals surface area contributed by atoms with Crippen LogP contribution >= 0.6 is 0 Å². The average molecular weight is 585 g/mol. The first-order chi connectivity index (χ1) is 21.4. The molecule has 0 saturated carbocycles. The van der Waals surface area contributed by atoms with Crippen LogP contribution in [0.15, 0.2) is 91.5 Å². The number of piperazine rings is 1. The smallest absolute Gasteiger partial charge is 0.255 e. The SMILES string of the molecule is Cc1ccnc(-c2cncc(-c3ccnc(Nc4cc(NC(=O)c5ccc(CN6CCN(C)CC6)cc5)ccc4C)n3)c2)c1. The van der Waals surface area contributed by atoms with Gasteiger partial charge >= 0.3 is 0 Å². The minimum absolute atomic E-state index is 0.153. The van der Waals surface area contributed by atoms with Gasteiger partial charge in [-0.05, 0) is 86.1 Å². The highest BCUT2D eigenvalue weighted by molar-refractivity contribution is 6.04. The van der Waals surface area contributed by atoms with Crippen molar-refractivity contribution in [3.63, 3.8) is 0 Å². The maximum atomic E-state index is 13.1. The van der Waals surface area contributed by atoms with Gasteiger partial charge in [-0.25, -0.2) is 9.97 Å². The van der Waals surface area contributed by atoms with Crippen molar-refractivity contribution in [3.05, 3.63) is 114 Å². The maximum Gasteiger partial charge on any atom is 0.255 e. The molecule has 222 valence electrons. The van der Waals surface area contributed by atoms with Gasteiger partial charge in [-0.3, -0.25) is 19.7 Å². The largest absolute Gasteiger partial charge is 0.324 e. The van der Waals surface area contributed by atoms with Crippen molar-refractivity contribution >= 4 is 23.2 Å². The second-order valence-electron chi connectivity index (χ2n) is 11.3. The number of hydrogen-bond acceptors (Lipinski definition) is 8. The Morgan fingerprint density at radius 2 is 1.57 bits per heavy atom. The van der Waals surface area contributed by atoms with Gasteiger partial charge in [-0.15, -0.1) is 0 Å². The van der Waals surface area contributed by atoms with E-state index in [2.05, 4.69) is 42.4 Å². The van der Waals surface area contributed by atoms with Gasteiger partial charge in [0.05, 0.1) is 11.4 Å². The molecule has 0 atom stereocenters. The molecule has 9 nitrogen and oxygen atoms in total. The number of hydrogen-bond donors (Lipinski definition) is 2. The van der Waals surface area contributed by atoms with E-state index in [1.807, 2.05) is 80.6 Å². The van der Waals surface area contributed by atoms with Gasteiger partial charge < -0.3 is 15.5 Å². The first kappa shape index (κ1) is 29.1. The van der Waals surface area contributed by atoms with Gasteiger partial charge in [-0.2, -0.15) is 0 Å². The highest BCUT2D eigenvalue weighted by Gasteiger charge is 2.15. The lowest BCUT2D eigenvalue weighted by atomic mass is 10.1. The molecule has 4 heterocycles. The molecule has 0 radical (unpaired) electrons. The summed E-state index contributed by atoms with van der Waals surface area (Å²) >= 11 is 0. The zero-order valence-corrected chi connectivity index (χ0v) is 25.3. The van der Waals surface area contributed by atoms with E-state index in [1.54, 1.807) is 24.8 Å². The summed E-state index contributed by atoms with van der Waals surface area (Å²) in [6.45, 7) is 9.24. The number of aromatic nitrogens is 4. The molecule has 3 aromatic heterocycles. The lowest BCUT2D eigenvalue weighted by Crippen LogP contribution is -2.43. The zero-order valence-electron chi connectivity index (χ0n) is 25.3. The van der Waals surface area contributed by atoms with Crippen molar-refractivity contribution in [2.75, 3.05) is 43.9 Å². The van der Waals surface area contributed by atoms with Crippen LogP contribution < -0.4 is 10.6 Å². The summed E-state index contributed by atoms with van der Waals surface area (Å²) in [6, 6.07) is 21.5. The van der Waals surface area contributed by atoms with E-state index >= 15 is 0 Å². The molecule has 6 rings (SSSR count). The van der Waals surface area contributed by atoms with Crippen LogP contribution in [0, 0.1) is 13.8 Å². The normalized spacial score (nSPS) is 13.9. The summed E-state index contributed by atoms with van der Waals surface area (Å²) in [7, 11) is 2.16. The van der Waals surface area contributed by atoms with Gasteiger partial charge in [0.1, 0.15) is 0 Å². The third-order valence-corrected chi connectivity index (χ3v) is 7.86. The molecule has 9 heteroatoms. The van der Waals surface area contributed by atoms with Crippen molar-refractivity contribution in [2.24, 2.45) is 0 Å². The Kier molecular flexibility index (Phi) is 8.67. The van der Waals surface area contributed by atoms with Crippen molar-refractivity contribution in [3.8, 4) is 22.5 Å². The number of carbonyl (C=O) groups excluding carboxylic acids is 1. The fraction of sp³-hybridized carbons (Fsp3) is 0.229. The predicted octanol–water partition coefficient (Wildman–Crippen LogP) is 5.96. The van der Waals surface area contributed by atoms with Crippen LogP contribution in [0.5, 0.6) is 0 Å². The summed E-state index contributed by atoms with van der Waals surface area (Å²) in [5.74, 6) is 0.295. The molecule has 1 aliphatic heterocycles. The van der Waals surface area contributed by atoms with Crippen molar-refractivity contribution in [1.29, 1.82) is 0 Å². The fourth-order valence-corrected chi connectivity index (χ4v) is 5.18. The van der Waals surface area contributed by atoms with Gasteiger partial charge in [0.2, 0.25) is 5.95 Å². The first-order valence-electron chi connectivity index (χ1n) is 14.8. The van der Waals surface area contributed by atoms with Crippen molar-refractivity contribution < 1.29 is 4.79 Å². The lowest BCUT2D eigenvalue weighted by molar-refractivity contribution is 0.102. The minimum Gasteiger partial charge on any atom is -0.324 e. The molecular weight excluding hydrogens is 548 g/mol. The first-order valence-corrected chi connectivity index (χ1v) is 14.8. The van der Waals surface area contributed by atoms with Gasteiger partial charge in [0, 0.05) is 85.6 Å². The summed E-state index contributed by atoms with van der Waals surface area (Å²) in [4.78, 5) is 36.0. The molecule has 44 heavy (non-hydrogen) atoms. The average Bonchev–Trinajstić information content (AvgIpc) is 3.04. The molecular formula is C35H36N8O. The summed E-state index contributed by atoms with van der Waals surface area (Å²) in [5.41, 5.74) is 8.84. The van der Waals surface area contributed by atoms with Crippen molar-refractivity contribution in [1.82, 2.24) is 29.7 Å². The number of pyridine rings is 2. The molecule has 0 unspecified atom stereocenters. The van der Waals surface area contributed by atoms with Crippen LogP contribution in [0.1, 0.15) is 27.0 Å². The monoisotopic (exact) mass is 584 g/mol. The number of rotatable bonds is 8. The van der Waals surface area contributed by atoms with E-state index in [-0.39, 0.29) is 5.91 Å². The Labute approximate surface area is 258 Å². The molecule has 5 aromatic rings. The molecule has 2 N–H and O–H groups in total. The number of aryl methyl sites for hydroxylation is 2. The number of nitrogens with zero attached hydrogens (tertiary/aromatic N) is 6. The van der Waals surface area contributed by atoms with E-state index < -0.39 is 0 Å². The van der Waals surface area contributed by atoms with Gasteiger partial charge in [0.15, 0.2) is 0 Å². The number of likely N-dealkylation sites (N-methyl/N-ethyl adjacent to an activating group) is 1. The maximum absolute atomic E-state index is 13.1. The van der Waals surface area contributed by atoms with E-state index in [1.165, 1.54) is 5.56 Å². The van der Waals surface area contributed by atoms with E-state index in [0.29, 0.717) is 17.2 Å².